The molecule has 1 aromatic rings. The normalized spacial score (nSPS) is 16.5. The quantitative estimate of drug-likeness (QED) is 0.812. The molecule has 106 valence electrons. The van der Waals surface area contributed by atoms with Crippen molar-refractivity contribution in [3.8, 4) is 5.75 Å². The van der Waals surface area contributed by atoms with Crippen LogP contribution >= 0.6 is 11.6 Å². The molecule has 1 saturated heterocycles. The Kier molecular flexibility index (Phi) is 5.95. The summed E-state index contributed by atoms with van der Waals surface area (Å²) < 4.78 is 5.79. The molecule has 0 atom stereocenters. The van der Waals surface area contributed by atoms with Crippen molar-refractivity contribution in [1.29, 1.82) is 0 Å². The first-order valence-corrected chi connectivity index (χ1v) is 7.51. The average molecular weight is 283 g/mol. The van der Waals surface area contributed by atoms with Crippen LogP contribution in [0.5, 0.6) is 5.75 Å². The molecule has 1 aliphatic heterocycles. The van der Waals surface area contributed by atoms with E-state index in [0.29, 0.717) is 0 Å². The summed E-state index contributed by atoms with van der Waals surface area (Å²) in [6, 6.07) is 5.92. The van der Waals surface area contributed by atoms with Crippen LogP contribution in [-0.2, 0) is 6.42 Å². The third-order valence-corrected chi connectivity index (χ3v) is 3.86. The molecule has 19 heavy (non-hydrogen) atoms. The molecule has 1 aliphatic rings. The highest BCUT2D eigenvalue weighted by atomic mass is 35.5. The number of nitrogens with zero attached hydrogens (tertiary/aromatic N) is 1. The first kappa shape index (κ1) is 14.6. The van der Waals surface area contributed by atoms with Crippen molar-refractivity contribution in [2.75, 3.05) is 39.3 Å². The zero-order valence-corrected chi connectivity index (χ0v) is 12.4. The van der Waals surface area contributed by atoms with Crippen LogP contribution in [0.4, 0.5) is 0 Å². The molecule has 0 aliphatic carbocycles. The number of benzene rings is 1. The Hall–Kier alpha value is -0.770. The lowest BCUT2D eigenvalue weighted by molar-refractivity contribution is 0.214. The number of halogens is 1. The van der Waals surface area contributed by atoms with Crippen molar-refractivity contribution >= 4 is 11.6 Å². The van der Waals surface area contributed by atoms with Gasteiger partial charge in [-0.25, -0.2) is 0 Å². The van der Waals surface area contributed by atoms with Gasteiger partial charge >= 0.3 is 0 Å². The molecule has 0 unspecified atom stereocenters. The van der Waals surface area contributed by atoms with Gasteiger partial charge < -0.3 is 15.0 Å². The van der Waals surface area contributed by atoms with Gasteiger partial charge in [0.05, 0.1) is 6.61 Å². The molecule has 1 N–H and O–H groups in total. The largest absolute Gasteiger partial charge is 0.494 e. The van der Waals surface area contributed by atoms with Crippen molar-refractivity contribution in [2.24, 2.45) is 0 Å². The van der Waals surface area contributed by atoms with Gasteiger partial charge in [-0.2, -0.15) is 0 Å². The molecule has 0 saturated carbocycles. The Morgan fingerprint density at radius 2 is 2.11 bits per heavy atom. The maximum Gasteiger partial charge on any atom is 0.119 e. The van der Waals surface area contributed by atoms with Crippen LogP contribution in [0.3, 0.4) is 0 Å². The van der Waals surface area contributed by atoms with Crippen molar-refractivity contribution in [2.45, 2.75) is 19.8 Å². The Morgan fingerprint density at radius 1 is 1.32 bits per heavy atom. The van der Waals surface area contributed by atoms with E-state index in [1.807, 2.05) is 18.2 Å². The molecule has 1 aromatic carbocycles. The number of aryl methyl sites for hydroxylation is 1. The smallest absolute Gasteiger partial charge is 0.119 e. The highest BCUT2D eigenvalue weighted by Gasteiger charge is 2.08. The van der Waals surface area contributed by atoms with Crippen LogP contribution in [0.25, 0.3) is 0 Å². The summed E-state index contributed by atoms with van der Waals surface area (Å²) in [5, 5.41) is 4.19. The number of hydrogen-bond acceptors (Lipinski definition) is 3. The molecule has 2 rings (SSSR count). The Labute approximate surface area is 120 Å². The predicted molar refractivity (Wildman–Crippen MR) is 80.3 cm³/mol. The maximum absolute atomic E-state index is 6.09. The number of hydrogen-bond donors (Lipinski definition) is 1. The Balaban J connectivity index is 1.70. The van der Waals surface area contributed by atoms with E-state index in [1.54, 1.807) is 0 Å². The lowest BCUT2D eigenvalue weighted by atomic mass is 10.1. The monoisotopic (exact) mass is 282 g/mol. The van der Waals surface area contributed by atoms with E-state index in [4.69, 9.17) is 16.3 Å². The molecule has 1 fully saturated rings. The SMILES string of the molecule is CCc1cc(OCCCN2CCNCC2)ccc1Cl. The van der Waals surface area contributed by atoms with Crippen LogP contribution in [0, 0.1) is 0 Å². The van der Waals surface area contributed by atoms with E-state index >= 15 is 0 Å². The molecule has 0 amide bonds. The Morgan fingerprint density at radius 3 is 2.84 bits per heavy atom. The van der Waals surface area contributed by atoms with Gasteiger partial charge in [0.2, 0.25) is 0 Å². The summed E-state index contributed by atoms with van der Waals surface area (Å²) in [5.41, 5.74) is 1.15. The van der Waals surface area contributed by atoms with Gasteiger partial charge in [-0.15, -0.1) is 0 Å². The van der Waals surface area contributed by atoms with E-state index in [9.17, 15) is 0 Å². The molecule has 4 heteroatoms. The third kappa shape index (κ3) is 4.68. The van der Waals surface area contributed by atoms with E-state index < -0.39 is 0 Å². The first-order chi connectivity index (χ1) is 9.29. The predicted octanol–water partition coefficient (Wildman–Crippen LogP) is 2.58. The van der Waals surface area contributed by atoms with Crippen LogP contribution in [-0.4, -0.2) is 44.2 Å². The fourth-order valence-corrected chi connectivity index (χ4v) is 2.58. The summed E-state index contributed by atoms with van der Waals surface area (Å²) in [5.74, 6) is 0.932. The first-order valence-electron chi connectivity index (χ1n) is 7.14. The highest BCUT2D eigenvalue weighted by Crippen LogP contribution is 2.22. The summed E-state index contributed by atoms with van der Waals surface area (Å²) in [7, 11) is 0. The molecule has 0 bridgehead atoms. The number of piperazine rings is 1. The molecule has 1 heterocycles. The number of rotatable bonds is 6. The molecule has 0 radical (unpaired) electrons. The van der Waals surface area contributed by atoms with Crippen LogP contribution < -0.4 is 10.1 Å². The van der Waals surface area contributed by atoms with Gasteiger partial charge in [-0.3, -0.25) is 0 Å². The standard InChI is InChI=1S/C15H23ClN2O/c1-2-13-12-14(4-5-15(13)16)19-11-3-8-18-9-6-17-7-10-18/h4-5,12,17H,2-3,6-11H2,1H3. The van der Waals surface area contributed by atoms with Crippen LogP contribution in [0.15, 0.2) is 18.2 Å². The fraction of sp³-hybridized carbons (Fsp3) is 0.600. The van der Waals surface area contributed by atoms with Crippen molar-refractivity contribution in [1.82, 2.24) is 10.2 Å². The van der Waals surface area contributed by atoms with Crippen molar-refractivity contribution in [3.05, 3.63) is 28.8 Å². The van der Waals surface area contributed by atoms with Crippen molar-refractivity contribution in [3.63, 3.8) is 0 Å². The lowest BCUT2D eigenvalue weighted by Crippen LogP contribution is -2.43. The molecular weight excluding hydrogens is 260 g/mol. The second-order valence-electron chi connectivity index (χ2n) is 4.90. The minimum Gasteiger partial charge on any atom is -0.494 e. The average Bonchev–Trinajstić information content (AvgIpc) is 2.46. The van der Waals surface area contributed by atoms with E-state index in [1.165, 1.54) is 0 Å². The van der Waals surface area contributed by atoms with Gasteiger partial charge in [0.1, 0.15) is 5.75 Å². The zero-order chi connectivity index (χ0) is 13.5. The molecule has 0 aromatic heterocycles. The van der Waals surface area contributed by atoms with Gasteiger partial charge in [0.15, 0.2) is 0 Å². The lowest BCUT2D eigenvalue weighted by Gasteiger charge is -2.26. The second-order valence-corrected chi connectivity index (χ2v) is 5.31. The van der Waals surface area contributed by atoms with Gasteiger partial charge in [0, 0.05) is 37.7 Å². The molecule has 3 nitrogen and oxygen atoms in total. The third-order valence-electron chi connectivity index (χ3n) is 3.50. The van der Waals surface area contributed by atoms with Gasteiger partial charge in [0.25, 0.3) is 0 Å². The zero-order valence-electron chi connectivity index (χ0n) is 11.6. The van der Waals surface area contributed by atoms with E-state index in [2.05, 4.69) is 17.1 Å². The number of nitrogens with one attached hydrogen (secondary N) is 1. The van der Waals surface area contributed by atoms with Gasteiger partial charge in [-0.1, -0.05) is 18.5 Å². The second kappa shape index (κ2) is 7.73. The topological polar surface area (TPSA) is 24.5 Å². The summed E-state index contributed by atoms with van der Waals surface area (Å²) in [4.78, 5) is 2.49. The Bertz CT molecular complexity index is 392. The van der Waals surface area contributed by atoms with Crippen LogP contribution in [0.1, 0.15) is 18.9 Å². The molecule has 0 spiro atoms. The molecular formula is C15H23ClN2O. The van der Waals surface area contributed by atoms with Crippen LogP contribution in [0.2, 0.25) is 5.02 Å². The fourth-order valence-electron chi connectivity index (χ4n) is 2.32. The summed E-state index contributed by atoms with van der Waals surface area (Å²) >= 11 is 6.09. The minimum atomic E-state index is 0.773. The van der Waals surface area contributed by atoms with E-state index in [0.717, 1.165) is 68.5 Å². The van der Waals surface area contributed by atoms with E-state index in [-0.39, 0.29) is 0 Å². The van der Waals surface area contributed by atoms with Gasteiger partial charge in [-0.05, 0) is 36.6 Å². The van der Waals surface area contributed by atoms with Crippen molar-refractivity contribution < 1.29 is 4.74 Å². The maximum atomic E-state index is 6.09. The number of ether oxygens (including phenoxy) is 1. The summed E-state index contributed by atoms with van der Waals surface area (Å²) in [6.07, 6.45) is 2.01. The minimum absolute atomic E-state index is 0.773. The summed E-state index contributed by atoms with van der Waals surface area (Å²) in [6.45, 7) is 8.53. The highest BCUT2D eigenvalue weighted by molar-refractivity contribution is 6.31.